The van der Waals surface area contributed by atoms with Crippen LogP contribution in [0.1, 0.15) is 29.5 Å². The summed E-state index contributed by atoms with van der Waals surface area (Å²) in [7, 11) is 0. The second-order valence-electron chi connectivity index (χ2n) is 7.85. The first-order valence-corrected chi connectivity index (χ1v) is 10.3. The van der Waals surface area contributed by atoms with E-state index in [2.05, 4.69) is 40.2 Å². The van der Waals surface area contributed by atoms with Crippen molar-refractivity contribution in [1.82, 2.24) is 5.32 Å². The zero-order valence-corrected chi connectivity index (χ0v) is 16.3. The summed E-state index contributed by atoms with van der Waals surface area (Å²) in [4.78, 5) is 12.5. The summed E-state index contributed by atoms with van der Waals surface area (Å²) in [5.74, 6) is 0.660. The maximum atomic E-state index is 12.5. The summed E-state index contributed by atoms with van der Waals surface area (Å²) in [5, 5.41) is 9.97. The van der Waals surface area contributed by atoms with Gasteiger partial charge in [0.15, 0.2) is 0 Å². The van der Waals surface area contributed by atoms with Crippen LogP contribution in [0.4, 0.5) is 11.4 Å². The number of carbonyl (C=O) groups is 1. The highest BCUT2D eigenvalue weighted by molar-refractivity contribution is 6.33. The molecule has 0 saturated carbocycles. The van der Waals surface area contributed by atoms with Crippen LogP contribution in [0.3, 0.4) is 0 Å². The second-order valence-corrected chi connectivity index (χ2v) is 7.85. The van der Waals surface area contributed by atoms with E-state index >= 15 is 0 Å². The lowest BCUT2D eigenvalue weighted by Gasteiger charge is -2.22. The average molecular weight is 387 g/mol. The van der Waals surface area contributed by atoms with Crippen LogP contribution in [0.25, 0.3) is 11.6 Å². The minimum Gasteiger partial charge on any atom is -0.381 e. The van der Waals surface area contributed by atoms with Crippen LogP contribution >= 0.6 is 0 Å². The fourth-order valence-corrected chi connectivity index (χ4v) is 4.24. The lowest BCUT2D eigenvalue weighted by molar-refractivity contribution is -0.110. The summed E-state index contributed by atoms with van der Waals surface area (Å²) in [6, 6.07) is 14.3. The molecule has 29 heavy (non-hydrogen) atoms. The van der Waals surface area contributed by atoms with E-state index in [0.717, 1.165) is 73.3 Å². The number of rotatable bonds is 4. The minimum absolute atomic E-state index is 0.0595. The minimum atomic E-state index is -0.0595. The molecular weight excluding hydrogens is 362 g/mol. The van der Waals surface area contributed by atoms with Crippen molar-refractivity contribution in [2.75, 3.05) is 30.4 Å². The Morgan fingerprint density at radius 1 is 1.00 bits per heavy atom. The van der Waals surface area contributed by atoms with Gasteiger partial charge in [-0.3, -0.25) is 4.79 Å². The highest BCUT2D eigenvalue weighted by Crippen LogP contribution is 2.36. The Balaban J connectivity index is 1.30. The highest BCUT2D eigenvalue weighted by Gasteiger charge is 2.27. The third-order valence-corrected chi connectivity index (χ3v) is 5.86. The van der Waals surface area contributed by atoms with Crippen molar-refractivity contribution in [2.24, 2.45) is 5.92 Å². The van der Waals surface area contributed by atoms with Gasteiger partial charge in [0.25, 0.3) is 5.91 Å². The SMILES string of the molecule is O=C1Nc2ccccc2/C1=C1\C=Cc2cc(CNCC3CCOCC3)ccc2N1. The summed E-state index contributed by atoms with van der Waals surface area (Å²) in [6.45, 7) is 3.69. The molecule has 2 aromatic rings. The molecule has 0 radical (unpaired) electrons. The average Bonchev–Trinajstić information content (AvgIpc) is 3.10. The van der Waals surface area contributed by atoms with Crippen LogP contribution in [-0.4, -0.2) is 25.7 Å². The van der Waals surface area contributed by atoms with Crippen molar-refractivity contribution in [3.63, 3.8) is 0 Å². The molecule has 0 aliphatic carbocycles. The van der Waals surface area contributed by atoms with E-state index in [0.29, 0.717) is 5.57 Å². The van der Waals surface area contributed by atoms with Crippen molar-refractivity contribution in [2.45, 2.75) is 19.4 Å². The number of ether oxygens (including phenoxy) is 1. The summed E-state index contributed by atoms with van der Waals surface area (Å²) < 4.78 is 5.43. The number of benzene rings is 2. The Bertz CT molecular complexity index is 1000. The normalized spacial score (nSPS) is 20.8. The lowest BCUT2D eigenvalue weighted by Crippen LogP contribution is -2.27. The molecule has 1 fully saturated rings. The van der Waals surface area contributed by atoms with Crippen LogP contribution in [0.5, 0.6) is 0 Å². The predicted molar refractivity (Wildman–Crippen MR) is 116 cm³/mol. The maximum absolute atomic E-state index is 12.5. The van der Waals surface area contributed by atoms with E-state index in [9.17, 15) is 4.79 Å². The molecule has 0 atom stereocenters. The molecule has 0 aromatic heterocycles. The maximum Gasteiger partial charge on any atom is 0.258 e. The van der Waals surface area contributed by atoms with Gasteiger partial charge < -0.3 is 20.7 Å². The van der Waals surface area contributed by atoms with Gasteiger partial charge in [-0.1, -0.05) is 30.3 Å². The molecule has 0 bridgehead atoms. The number of hydrogen-bond donors (Lipinski definition) is 3. The van der Waals surface area contributed by atoms with Crippen LogP contribution in [0, 0.1) is 5.92 Å². The van der Waals surface area contributed by atoms with Crippen LogP contribution in [0.15, 0.2) is 54.2 Å². The van der Waals surface area contributed by atoms with Crippen LogP contribution < -0.4 is 16.0 Å². The van der Waals surface area contributed by atoms with Crippen molar-refractivity contribution >= 4 is 28.9 Å². The molecule has 3 heterocycles. The highest BCUT2D eigenvalue weighted by atomic mass is 16.5. The van der Waals surface area contributed by atoms with Gasteiger partial charge in [-0.05, 0) is 60.7 Å². The number of allylic oxidation sites excluding steroid dienone is 1. The zero-order valence-electron chi connectivity index (χ0n) is 16.3. The standard InChI is InChI=1S/C24H25N3O2/c28-24-23(19-3-1-2-4-21(19)27-24)22-8-6-18-13-17(5-7-20(18)26-22)15-25-14-16-9-11-29-12-10-16/h1-8,13,16,25-26H,9-12,14-15H2,(H,27,28)/b23-22-. The van der Waals surface area contributed by atoms with Crippen molar-refractivity contribution < 1.29 is 9.53 Å². The molecule has 5 rings (SSSR count). The van der Waals surface area contributed by atoms with Gasteiger partial charge in [-0.15, -0.1) is 0 Å². The van der Waals surface area contributed by atoms with Gasteiger partial charge in [-0.2, -0.15) is 0 Å². The molecule has 0 unspecified atom stereocenters. The first-order chi connectivity index (χ1) is 14.3. The van der Waals surface area contributed by atoms with E-state index in [1.165, 1.54) is 5.56 Å². The first-order valence-electron chi connectivity index (χ1n) is 10.3. The van der Waals surface area contributed by atoms with Crippen LogP contribution in [0.2, 0.25) is 0 Å². The van der Waals surface area contributed by atoms with E-state index in [1.807, 2.05) is 30.3 Å². The summed E-state index contributed by atoms with van der Waals surface area (Å²) in [5.41, 5.74) is 6.79. The molecular formula is C24H25N3O2. The van der Waals surface area contributed by atoms with Crippen molar-refractivity contribution in [3.8, 4) is 0 Å². The number of anilines is 2. The molecule has 5 nitrogen and oxygen atoms in total. The first kappa shape index (κ1) is 18.2. The number of amides is 1. The lowest BCUT2D eigenvalue weighted by atomic mass is 9.99. The molecule has 3 aliphatic heterocycles. The topological polar surface area (TPSA) is 62.4 Å². The quantitative estimate of drug-likeness (QED) is 0.694. The Labute approximate surface area is 170 Å². The van der Waals surface area contributed by atoms with Gasteiger partial charge in [0, 0.05) is 36.7 Å². The molecule has 3 N–H and O–H groups in total. The van der Waals surface area contributed by atoms with E-state index in [4.69, 9.17) is 4.74 Å². The Kier molecular flexibility index (Phi) is 4.92. The van der Waals surface area contributed by atoms with Gasteiger partial charge in [0.2, 0.25) is 0 Å². The van der Waals surface area contributed by atoms with E-state index in [-0.39, 0.29) is 5.91 Å². The monoisotopic (exact) mass is 387 g/mol. The van der Waals surface area contributed by atoms with Crippen molar-refractivity contribution in [1.29, 1.82) is 0 Å². The van der Waals surface area contributed by atoms with Gasteiger partial charge >= 0.3 is 0 Å². The van der Waals surface area contributed by atoms with Gasteiger partial charge in [-0.25, -0.2) is 0 Å². The number of hydrogen-bond acceptors (Lipinski definition) is 4. The molecule has 148 valence electrons. The molecule has 5 heteroatoms. The molecule has 1 saturated heterocycles. The summed E-state index contributed by atoms with van der Waals surface area (Å²) in [6.07, 6.45) is 6.39. The Morgan fingerprint density at radius 3 is 2.76 bits per heavy atom. The van der Waals surface area contributed by atoms with Crippen LogP contribution in [-0.2, 0) is 16.1 Å². The fourth-order valence-electron chi connectivity index (χ4n) is 4.24. The smallest absolute Gasteiger partial charge is 0.258 e. The third-order valence-electron chi connectivity index (χ3n) is 5.86. The molecule has 3 aliphatic rings. The second kappa shape index (κ2) is 7.85. The molecule has 1 amide bonds. The summed E-state index contributed by atoms with van der Waals surface area (Å²) >= 11 is 0. The van der Waals surface area contributed by atoms with Gasteiger partial charge in [0.1, 0.15) is 0 Å². The number of para-hydroxylation sites is 1. The van der Waals surface area contributed by atoms with Crippen molar-refractivity contribution in [3.05, 3.63) is 70.9 Å². The predicted octanol–water partition coefficient (Wildman–Crippen LogP) is 4.00. The number of carbonyl (C=O) groups excluding carboxylic acids is 1. The fraction of sp³-hybridized carbons (Fsp3) is 0.292. The largest absolute Gasteiger partial charge is 0.381 e. The van der Waals surface area contributed by atoms with E-state index < -0.39 is 0 Å². The third kappa shape index (κ3) is 3.71. The Morgan fingerprint density at radius 2 is 1.86 bits per heavy atom. The van der Waals surface area contributed by atoms with E-state index in [1.54, 1.807) is 0 Å². The zero-order chi connectivity index (χ0) is 19.6. The number of fused-ring (bicyclic) bond motifs is 2. The van der Waals surface area contributed by atoms with Gasteiger partial charge in [0.05, 0.1) is 11.3 Å². The number of nitrogens with one attached hydrogen (secondary N) is 3. The molecule has 0 spiro atoms. The molecule has 2 aromatic carbocycles. The Hall–Kier alpha value is -2.89.